The van der Waals surface area contributed by atoms with E-state index in [1.165, 1.54) is 5.56 Å². The second-order valence-electron chi connectivity index (χ2n) is 9.43. The van der Waals surface area contributed by atoms with Crippen LogP contribution in [0.2, 0.25) is 0 Å². The lowest BCUT2D eigenvalue weighted by atomic mass is 9.85. The number of nitrogens with zero attached hydrogens (tertiary/aromatic N) is 1. The number of amides is 1. The Balaban J connectivity index is 2.78. The molecule has 5 heteroatoms. The molecule has 0 heterocycles. The number of ether oxygens (including phenoxy) is 3. The zero-order valence-corrected chi connectivity index (χ0v) is 21.5. The normalized spacial score (nSPS) is 13.7. The predicted molar refractivity (Wildman–Crippen MR) is 132 cm³/mol. The van der Waals surface area contributed by atoms with E-state index in [9.17, 15) is 4.79 Å². The van der Waals surface area contributed by atoms with E-state index in [-0.39, 0.29) is 11.8 Å². The molecule has 0 unspecified atom stereocenters. The van der Waals surface area contributed by atoms with Crippen molar-refractivity contribution in [2.24, 2.45) is 23.7 Å². The average molecular weight is 448 g/mol. The van der Waals surface area contributed by atoms with Crippen LogP contribution in [0.1, 0.15) is 51.7 Å². The molecule has 2 atom stereocenters. The third-order valence-corrected chi connectivity index (χ3v) is 6.03. The van der Waals surface area contributed by atoms with Gasteiger partial charge in [-0.1, -0.05) is 45.9 Å². The Kier molecular flexibility index (Phi) is 13.3. The van der Waals surface area contributed by atoms with Gasteiger partial charge in [-0.2, -0.15) is 0 Å². The number of hydrogen-bond donors (Lipinski definition) is 0. The summed E-state index contributed by atoms with van der Waals surface area (Å²) in [5, 5.41) is 0. The smallest absolute Gasteiger partial charge is 0.225 e. The Bertz CT molecular complexity index is 697. The first-order valence-electron chi connectivity index (χ1n) is 11.8. The van der Waals surface area contributed by atoms with Crippen molar-refractivity contribution < 1.29 is 19.0 Å². The molecule has 0 fully saturated rings. The Morgan fingerprint density at radius 2 is 1.69 bits per heavy atom. The van der Waals surface area contributed by atoms with Crippen molar-refractivity contribution in [3.05, 3.63) is 41.5 Å². The van der Waals surface area contributed by atoms with E-state index in [4.69, 9.17) is 14.2 Å². The molecule has 0 saturated carbocycles. The molecule has 0 aromatic heterocycles. The summed E-state index contributed by atoms with van der Waals surface area (Å²) < 4.78 is 16.3. The molecule has 1 aromatic rings. The van der Waals surface area contributed by atoms with Crippen molar-refractivity contribution in [3.8, 4) is 5.75 Å². The van der Waals surface area contributed by atoms with Gasteiger partial charge in [-0.25, -0.2) is 0 Å². The van der Waals surface area contributed by atoms with Crippen molar-refractivity contribution in [1.82, 2.24) is 4.90 Å². The Labute approximate surface area is 196 Å². The number of carbonyl (C=O) groups excluding carboxylic acids is 1. The van der Waals surface area contributed by atoms with E-state index >= 15 is 0 Å². The molecule has 0 aliphatic rings. The zero-order chi connectivity index (χ0) is 24.1. The molecule has 0 N–H and O–H groups in total. The SMILES string of the molecule is COCCOCc1cc(C[C@@H](CC=CC[C@H](C(=O)N(C)C)C(C)C)C(C)C)ccc1OC. The molecule has 1 aromatic carbocycles. The summed E-state index contributed by atoms with van der Waals surface area (Å²) in [6.45, 7) is 10.5. The lowest BCUT2D eigenvalue weighted by Gasteiger charge is -2.23. The molecule has 32 heavy (non-hydrogen) atoms. The second kappa shape index (κ2) is 15.1. The molecule has 0 aliphatic carbocycles. The quantitative estimate of drug-likeness (QED) is 0.268. The van der Waals surface area contributed by atoms with Crippen LogP contribution >= 0.6 is 0 Å². The highest BCUT2D eigenvalue weighted by molar-refractivity contribution is 5.78. The molecule has 0 spiro atoms. The van der Waals surface area contributed by atoms with Crippen molar-refractivity contribution in [1.29, 1.82) is 0 Å². The van der Waals surface area contributed by atoms with Crippen molar-refractivity contribution in [2.75, 3.05) is 41.5 Å². The molecular weight excluding hydrogens is 402 g/mol. The maximum atomic E-state index is 12.4. The summed E-state index contributed by atoms with van der Waals surface area (Å²) >= 11 is 0. The summed E-state index contributed by atoms with van der Waals surface area (Å²) in [4.78, 5) is 14.1. The van der Waals surface area contributed by atoms with Crippen LogP contribution in [-0.2, 0) is 27.3 Å². The van der Waals surface area contributed by atoms with Crippen molar-refractivity contribution in [3.63, 3.8) is 0 Å². The summed E-state index contributed by atoms with van der Waals surface area (Å²) in [6.07, 6.45) is 7.27. The molecule has 182 valence electrons. The molecule has 0 saturated heterocycles. The summed E-state index contributed by atoms with van der Waals surface area (Å²) in [7, 11) is 7.04. The minimum absolute atomic E-state index is 0.0426. The first kappa shape index (κ1) is 28.2. The largest absolute Gasteiger partial charge is 0.496 e. The van der Waals surface area contributed by atoms with Gasteiger partial charge >= 0.3 is 0 Å². The number of benzene rings is 1. The van der Waals surface area contributed by atoms with Gasteiger partial charge in [0.2, 0.25) is 5.91 Å². The third-order valence-electron chi connectivity index (χ3n) is 6.03. The molecule has 5 nitrogen and oxygen atoms in total. The Morgan fingerprint density at radius 3 is 2.25 bits per heavy atom. The summed E-state index contributed by atoms with van der Waals surface area (Å²) in [6, 6.07) is 6.40. The fraction of sp³-hybridized carbons (Fsp3) is 0.667. The van der Waals surface area contributed by atoms with Crippen LogP contribution in [0.4, 0.5) is 0 Å². The summed E-state index contributed by atoms with van der Waals surface area (Å²) in [5.74, 6) is 2.54. The van der Waals surface area contributed by atoms with Gasteiger partial charge < -0.3 is 19.1 Å². The van der Waals surface area contributed by atoms with Crippen LogP contribution in [0.3, 0.4) is 0 Å². The minimum Gasteiger partial charge on any atom is -0.496 e. The van der Waals surface area contributed by atoms with Gasteiger partial charge in [0.1, 0.15) is 5.75 Å². The first-order chi connectivity index (χ1) is 15.2. The van der Waals surface area contributed by atoms with Gasteiger partial charge in [0.05, 0.1) is 26.9 Å². The van der Waals surface area contributed by atoms with Crippen molar-refractivity contribution in [2.45, 2.75) is 53.6 Å². The standard InChI is InChI=1S/C27H45NO4/c1-20(2)23(11-9-10-12-25(21(3)4)27(29)28(5)6)17-22-13-14-26(31-8)24(18-22)19-32-16-15-30-7/h9-10,13-14,18,20-21,23,25H,11-12,15-17,19H2,1-8H3/t23-,25+/m1/s1. The maximum absolute atomic E-state index is 12.4. The minimum atomic E-state index is 0.0426. The van der Waals surface area contributed by atoms with Crippen LogP contribution in [0.25, 0.3) is 0 Å². The van der Waals surface area contributed by atoms with Crippen LogP contribution in [-0.4, -0.2) is 52.3 Å². The van der Waals surface area contributed by atoms with Gasteiger partial charge in [0, 0.05) is 32.7 Å². The first-order valence-corrected chi connectivity index (χ1v) is 11.8. The maximum Gasteiger partial charge on any atom is 0.225 e. The van der Waals surface area contributed by atoms with E-state index in [1.54, 1.807) is 19.1 Å². The van der Waals surface area contributed by atoms with Gasteiger partial charge in [-0.3, -0.25) is 4.79 Å². The Hall–Kier alpha value is -1.85. The fourth-order valence-corrected chi connectivity index (χ4v) is 3.79. The molecule has 0 radical (unpaired) electrons. The van der Waals surface area contributed by atoms with Crippen molar-refractivity contribution >= 4 is 5.91 Å². The Morgan fingerprint density at radius 1 is 1.00 bits per heavy atom. The average Bonchev–Trinajstić information content (AvgIpc) is 2.75. The number of allylic oxidation sites excluding steroid dienone is 2. The van der Waals surface area contributed by atoms with E-state index in [1.807, 2.05) is 20.2 Å². The number of hydrogen-bond acceptors (Lipinski definition) is 4. The fourth-order valence-electron chi connectivity index (χ4n) is 3.79. The lowest BCUT2D eigenvalue weighted by molar-refractivity contribution is -0.134. The van der Waals surface area contributed by atoms with E-state index in [2.05, 4.69) is 52.0 Å². The van der Waals surface area contributed by atoms with Gasteiger partial charge in [-0.15, -0.1) is 0 Å². The van der Waals surface area contributed by atoms with E-state index < -0.39 is 0 Å². The van der Waals surface area contributed by atoms with Crippen LogP contribution in [0, 0.1) is 23.7 Å². The second-order valence-corrected chi connectivity index (χ2v) is 9.43. The molecule has 1 rings (SSSR count). The molecule has 0 bridgehead atoms. The van der Waals surface area contributed by atoms with Gasteiger partial charge in [-0.05, 0) is 54.7 Å². The van der Waals surface area contributed by atoms with E-state index in [0.29, 0.717) is 37.6 Å². The van der Waals surface area contributed by atoms with Gasteiger partial charge in [0.15, 0.2) is 0 Å². The highest BCUT2D eigenvalue weighted by Gasteiger charge is 2.22. The zero-order valence-electron chi connectivity index (χ0n) is 21.5. The van der Waals surface area contributed by atoms with Crippen LogP contribution in [0.15, 0.2) is 30.4 Å². The highest BCUT2D eigenvalue weighted by Crippen LogP contribution is 2.26. The number of methoxy groups -OCH3 is 2. The number of carbonyl (C=O) groups is 1. The molecule has 0 aliphatic heterocycles. The number of rotatable bonds is 15. The van der Waals surface area contributed by atoms with Crippen LogP contribution in [0.5, 0.6) is 5.75 Å². The third kappa shape index (κ3) is 9.74. The highest BCUT2D eigenvalue weighted by atomic mass is 16.5. The van der Waals surface area contributed by atoms with Gasteiger partial charge in [0.25, 0.3) is 0 Å². The summed E-state index contributed by atoms with van der Waals surface area (Å²) in [5.41, 5.74) is 2.37. The molecular formula is C27H45NO4. The lowest BCUT2D eigenvalue weighted by Crippen LogP contribution is -2.32. The van der Waals surface area contributed by atoms with E-state index in [0.717, 1.165) is 30.6 Å². The monoisotopic (exact) mass is 447 g/mol. The predicted octanol–water partition coefficient (Wildman–Crippen LogP) is 5.37. The van der Waals surface area contributed by atoms with Crippen LogP contribution < -0.4 is 4.74 Å². The molecule has 1 amide bonds. The topological polar surface area (TPSA) is 48.0 Å².